The standard InChI is InChI=1S/C18H28N4O3S/c1-15-4-6-16(7-5-15)26(24,25)20-9-10-21-11-13-22(14-12-21)18(23)17-3-2-8-19-17/h4-7,17,19-20H,2-3,8-14H2,1H3/t17-/m0/s1. The molecule has 0 saturated carbocycles. The third-order valence-electron chi connectivity index (χ3n) is 5.09. The van der Waals surface area contributed by atoms with E-state index >= 15 is 0 Å². The molecule has 0 unspecified atom stereocenters. The highest BCUT2D eigenvalue weighted by atomic mass is 32.2. The minimum Gasteiger partial charge on any atom is -0.339 e. The van der Waals surface area contributed by atoms with Crippen molar-refractivity contribution in [1.29, 1.82) is 0 Å². The van der Waals surface area contributed by atoms with Gasteiger partial charge in [0.05, 0.1) is 10.9 Å². The lowest BCUT2D eigenvalue weighted by Gasteiger charge is -2.35. The van der Waals surface area contributed by atoms with Crippen molar-refractivity contribution in [3.63, 3.8) is 0 Å². The van der Waals surface area contributed by atoms with E-state index in [-0.39, 0.29) is 11.9 Å². The summed E-state index contributed by atoms with van der Waals surface area (Å²) in [5.41, 5.74) is 1.03. The predicted molar refractivity (Wildman–Crippen MR) is 100 cm³/mol. The lowest BCUT2D eigenvalue weighted by Crippen LogP contribution is -2.53. The van der Waals surface area contributed by atoms with Crippen LogP contribution < -0.4 is 10.0 Å². The number of sulfonamides is 1. The van der Waals surface area contributed by atoms with Gasteiger partial charge in [-0.2, -0.15) is 0 Å². The number of carbonyl (C=O) groups is 1. The van der Waals surface area contributed by atoms with Crippen molar-refractivity contribution in [2.45, 2.75) is 30.7 Å². The molecule has 0 bridgehead atoms. The zero-order valence-corrected chi connectivity index (χ0v) is 16.1. The highest BCUT2D eigenvalue weighted by molar-refractivity contribution is 7.89. The average molecular weight is 381 g/mol. The lowest BCUT2D eigenvalue weighted by atomic mass is 10.2. The fourth-order valence-corrected chi connectivity index (χ4v) is 4.47. The summed E-state index contributed by atoms with van der Waals surface area (Å²) in [5.74, 6) is 0.210. The molecule has 2 aliphatic rings. The Morgan fingerprint density at radius 3 is 2.50 bits per heavy atom. The number of benzene rings is 1. The zero-order valence-electron chi connectivity index (χ0n) is 15.3. The third-order valence-corrected chi connectivity index (χ3v) is 6.57. The summed E-state index contributed by atoms with van der Waals surface area (Å²) in [5, 5.41) is 3.25. The molecule has 2 saturated heterocycles. The van der Waals surface area contributed by atoms with Gasteiger partial charge in [-0.3, -0.25) is 9.69 Å². The van der Waals surface area contributed by atoms with Crippen LogP contribution in [0.4, 0.5) is 0 Å². The van der Waals surface area contributed by atoms with Crippen LogP contribution >= 0.6 is 0 Å². The molecular weight excluding hydrogens is 352 g/mol. The van der Waals surface area contributed by atoms with Crippen molar-refractivity contribution in [1.82, 2.24) is 19.8 Å². The molecule has 0 aromatic heterocycles. The van der Waals surface area contributed by atoms with Crippen LogP contribution in [0.3, 0.4) is 0 Å². The van der Waals surface area contributed by atoms with Crippen molar-refractivity contribution in [2.24, 2.45) is 0 Å². The van der Waals surface area contributed by atoms with Crippen LogP contribution in [-0.2, 0) is 14.8 Å². The summed E-state index contributed by atoms with van der Waals surface area (Å²) < 4.78 is 27.2. The Morgan fingerprint density at radius 2 is 1.88 bits per heavy atom. The van der Waals surface area contributed by atoms with Crippen LogP contribution in [0.15, 0.2) is 29.2 Å². The van der Waals surface area contributed by atoms with E-state index in [2.05, 4.69) is 14.9 Å². The molecule has 1 aromatic rings. The first kappa shape index (κ1) is 19.3. The molecule has 1 amide bonds. The number of nitrogens with one attached hydrogen (secondary N) is 2. The minimum atomic E-state index is -3.46. The summed E-state index contributed by atoms with van der Waals surface area (Å²) in [6.07, 6.45) is 2.00. The van der Waals surface area contributed by atoms with E-state index < -0.39 is 10.0 Å². The van der Waals surface area contributed by atoms with E-state index in [1.165, 1.54) is 0 Å². The van der Waals surface area contributed by atoms with E-state index in [1.54, 1.807) is 24.3 Å². The Bertz CT molecular complexity index is 706. The van der Waals surface area contributed by atoms with Gasteiger partial charge < -0.3 is 10.2 Å². The number of piperazine rings is 1. The van der Waals surface area contributed by atoms with Gasteiger partial charge in [-0.25, -0.2) is 13.1 Å². The molecule has 0 aliphatic carbocycles. The Balaban J connectivity index is 1.41. The second kappa shape index (κ2) is 8.47. The van der Waals surface area contributed by atoms with Crippen LogP contribution in [0.25, 0.3) is 0 Å². The van der Waals surface area contributed by atoms with E-state index in [0.29, 0.717) is 31.1 Å². The van der Waals surface area contributed by atoms with Gasteiger partial charge in [0.25, 0.3) is 0 Å². The van der Waals surface area contributed by atoms with Crippen molar-refractivity contribution < 1.29 is 13.2 Å². The molecule has 1 aromatic carbocycles. The Kier molecular flexibility index (Phi) is 6.29. The molecule has 2 fully saturated rings. The molecule has 2 N–H and O–H groups in total. The lowest BCUT2D eigenvalue weighted by molar-refractivity contribution is -0.134. The minimum absolute atomic E-state index is 0.0112. The van der Waals surface area contributed by atoms with E-state index in [1.807, 2.05) is 11.8 Å². The maximum atomic E-state index is 12.4. The Hall–Kier alpha value is -1.48. The molecule has 0 radical (unpaired) electrons. The van der Waals surface area contributed by atoms with Crippen molar-refractivity contribution in [3.8, 4) is 0 Å². The Morgan fingerprint density at radius 1 is 1.19 bits per heavy atom. The summed E-state index contributed by atoms with van der Waals surface area (Å²) >= 11 is 0. The van der Waals surface area contributed by atoms with Crippen LogP contribution in [0.2, 0.25) is 0 Å². The average Bonchev–Trinajstić information content (AvgIpc) is 3.17. The van der Waals surface area contributed by atoms with Gasteiger partial charge >= 0.3 is 0 Å². The number of nitrogens with zero attached hydrogens (tertiary/aromatic N) is 2. The number of hydrogen-bond donors (Lipinski definition) is 2. The topological polar surface area (TPSA) is 81.8 Å². The van der Waals surface area contributed by atoms with Gasteiger partial charge in [0.15, 0.2) is 0 Å². The van der Waals surface area contributed by atoms with Gasteiger partial charge in [-0.15, -0.1) is 0 Å². The molecule has 8 heteroatoms. The van der Waals surface area contributed by atoms with Gasteiger partial charge in [0.1, 0.15) is 0 Å². The maximum absolute atomic E-state index is 12.4. The highest BCUT2D eigenvalue weighted by Crippen LogP contribution is 2.12. The molecule has 26 heavy (non-hydrogen) atoms. The second-order valence-corrected chi connectivity index (χ2v) is 8.79. The number of carbonyl (C=O) groups excluding carboxylic acids is 1. The van der Waals surface area contributed by atoms with Crippen molar-refractivity contribution in [3.05, 3.63) is 29.8 Å². The summed E-state index contributed by atoms with van der Waals surface area (Å²) in [6, 6.07) is 6.83. The molecule has 0 spiro atoms. The summed E-state index contributed by atoms with van der Waals surface area (Å²) in [7, 11) is -3.46. The Labute approximate surface area is 155 Å². The third kappa shape index (κ3) is 4.82. The van der Waals surface area contributed by atoms with Crippen molar-refractivity contribution >= 4 is 15.9 Å². The van der Waals surface area contributed by atoms with Crippen LogP contribution in [0.5, 0.6) is 0 Å². The van der Waals surface area contributed by atoms with Gasteiger partial charge in [-0.05, 0) is 38.4 Å². The van der Waals surface area contributed by atoms with Crippen LogP contribution in [0.1, 0.15) is 18.4 Å². The molecule has 1 atom stereocenters. The predicted octanol–water partition coefficient (Wildman–Crippen LogP) is 0.170. The maximum Gasteiger partial charge on any atom is 0.240 e. The van der Waals surface area contributed by atoms with Gasteiger partial charge in [0.2, 0.25) is 15.9 Å². The van der Waals surface area contributed by atoms with Gasteiger partial charge in [0, 0.05) is 39.3 Å². The van der Waals surface area contributed by atoms with Gasteiger partial charge in [-0.1, -0.05) is 17.7 Å². The second-order valence-electron chi connectivity index (χ2n) is 7.03. The zero-order chi connectivity index (χ0) is 18.6. The number of amides is 1. The fourth-order valence-electron chi connectivity index (χ4n) is 3.45. The number of rotatable bonds is 6. The fraction of sp³-hybridized carbons (Fsp3) is 0.611. The SMILES string of the molecule is Cc1ccc(S(=O)(=O)NCCN2CCN(C(=O)[C@@H]3CCCN3)CC2)cc1. The van der Waals surface area contributed by atoms with Crippen LogP contribution in [-0.4, -0.2) is 76.0 Å². The highest BCUT2D eigenvalue weighted by Gasteiger charge is 2.29. The first-order valence-electron chi connectivity index (χ1n) is 9.26. The molecule has 2 heterocycles. The van der Waals surface area contributed by atoms with E-state index in [4.69, 9.17) is 0 Å². The largest absolute Gasteiger partial charge is 0.339 e. The van der Waals surface area contributed by atoms with E-state index in [9.17, 15) is 13.2 Å². The monoisotopic (exact) mass is 380 g/mol. The molecule has 2 aliphatic heterocycles. The molecular formula is C18H28N4O3S. The number of hydrogen-bond acceptors (Lipinski definition) is 5. The molecule has 7 nitrogen and oxygen atoms in total. The summed E-state index contributed by atoms with van der Waals surface area (Å²) in [4.78, 5) is 16.8. The van der Waals surface area contributed by atoms with Crippen molar-refractivity contribution in [2.75, 3.05) is 45.8 Å². The first-order chi connectivity index (χ1) is 12.5. The van der Waals surface area contributed by atoms with Crippen LogP contribution in [0, 0.1) is 6.92 Å². The normalized spacial score (nSPS) is 21.9. The smallest absolute Gasteiger partial charge is 0.240 e. The first-order valence-corrected chi connectivity index (χ1v) is 10.7. The molecule has 144 valence electrons. The van der Waals surface area contributed by atoms with E-state index in [0.717, 1.165) is 38.0 Å². The quantitative estimate of drug-likeness (QED) is 0.735. The molecule has 3 rings (SSSR count). The number of aryl methyl sites for hydroxylation is 1. The summed E-state index contributed by atoms with van der Waals surface area (Å²) in [6.45, 7) is 6.86.